The summed E-state index contributed by atoms with van der Waals surface area (Å²) in [6.45, 7) is 9.53. The van der Waals surface area contributed by atoms with E-state index in [2.05, 4.69) is 53.8 Å². The van der Waals surface area contributed by atoms with E-state index in [4.69, 9.17) is 16.2 Å². The lowest BCUT2D eigenvalue weighted by Gasteiger charge is -2.38. The van der Waals surface area contributed by atoms with Crippen molar-refractivity contribution in [3.8, 4) is 5.75 Å². The molecule has 0 radical (unpaired) electrons. The summed E-state index contributed by atoms with van der Waals surface area (Å²) in [5.41, 5.74) is 16.9. The van der Waals surface area contributed by atoms with Crippen LogP contribution >= 0.6 is 0 Å². The molecule has 0 atom stereocenters. The fourth-order valence-corrected chi connectivity index (χ4v) is 4.36. The number of nitrogens with two attached hydrogens (primary N) is 2. The zero-order valence-electron chi connectivity index (χ0n) is 19.1. The van der Waals surface area contributed by atoms with Gasteiger partial charge in [0, 0.05) is 49.4 Å². The molecule has 3 heterocycles. The minimum Gasteiger partial charge on any atom is -0.494 e. The molecule has 1 saturated heterocycles. The standard InChI is InChI=1S/C24H34N6O/c1-24(2,3)16-29-13-10-17-15-27-23(26)30(21(17)22(29)25)19-9-8-18(14-20(19)31-4)28-11-6-5-7-12-28/h8-10,13-15H,5-7,11-12,16,25H2,1-4H3,(H2,26,27). The Morgan fingerprint density at radius 3 is 2.52 bits per heavy atom. The predicted octanol–water partition coefficient (Wildman–Crippen LogP) is 3.71. The summed E-state index contributed by atoms with van der Waals surface area (Å²) in [4.78, 5) is 10.8. The molecule has 0 unspecified atom stereocenters. The molecule has 1 aromatic carbocycles. The maximum Gasteiger partial charge on any atom is 0.205 e. The van der Waals surface area contributed by atoms with Crippen LogP contribution in [-0.4, -0.2) is 37.6 Å². The first kappa shape index (κ1) is 21.2. The SMILES string of the molecule is COc1cc(N2CCCCC2)ccc1N1C(N)=NC=C2C=CN(CC(C)(C)C)C(N)=C21. The van der Waals surface area contributed by atoms with E-state index in [1.165, 1.54) is 24.9 Å². The summed E-state index contributed by atoms with van der Waals surface area (Å²) < 4.78 is 5.81. The smallest absolute Gasteiger partial charge is 0.205 e. The molecule has 0 bridgehead atoms. The lowest BCUT2D eigenvalue weighted by Crippen LogP contribution is -2.44. The largest absolute Gasteiger partial charge is 0.494 e. The van der Waals surface area contributed by atoms with Crippen molar-refractivity contribution in [1.82, 2.24) is 4.90 Å². The van der Waals surface area contributed by atoms with Gasteiger partial charge in [-0.15, -0.1) is 0 Å². The van der Waals surface area contributed by atoms with Crippen molar-refractivity contribution in [2.24, 2.45) is 21.9 Å². The van der Waals surface area contributed by atoms with Crippen LogP contribution in [0.25, 0.3) is 0 Å². The van der Waals surface area contributed by atoms with Gasteiger partial charge in [-0.05, 0) is 42.9 Å². The minimum absolute atomic E-state index is 0.0870. The predicted molar refractivity (Wildman–Crippen MR) is 128 cm³/mol. The molecule has 1 fully saturated rings. The minimum atomic E-state index is 0.0870. The molecule has 7 nitrogen and oxygen atoms in total. The van der Waals surface area contributed by atoms with Gasteiger partial charge in [0.05, 0.1) is 18.5 Å². The van der Waals surface area contributed by atoms with Crippen LogP contribution in [0.3, 0.4) is 0 Å². The van der Waals surface area contributed by atoms with Crippen molar-refractivity contribution in [1.29, 1.82) is 0 Å². The first-order valence-electron chi connectivity index (χ1n) is 11.0. The number of guanidine groups is 1. The molecule has 4 rings (SSSR count). The van der Waals surface area contributed by atoms with Crippen LogP contribution in [0.4, 0.5) is 11.4 Å². The summed E-state index contributed by atoms with van der Waals surface area (Å²) in [6.07, 6.45) is 9.57. The number of fused-ring (bicyclic) bond motifs is 1. The number of aliphatic imine (C=N–C) groups is 1. The second-order valence-electron chi connectivity index (χ2n) is 9.55. The second kappa shape index (κ2) is 8.21. The Morgan fingerprint density at radius 2 is 1.84 bits per heavy atom. The van der Waals surface area contributed by atoms with Gasteiger partial charge < -0.3 is 26.0 Å². The highest BCUT2D eigenvalue weighted by atomic mass is 16.5. The Labute approximate surface area is 185 Å². The molecule has 1 aromatic rings. The average molecular weight is 423 g/mol. The third-order valence-corrected chi connectivity index (χ3v) is 5.82. The Hall–Kier alpha value is -3.09. The molecule has 166 valence electrons. The Kier molecular flexibility index (Phi) is 5.60. The molecule has 0 saturated carbocycles. The van der Waals surface area contributed by atoms with E-state index >= 15 is 0 Å². The highest BCUT2D eigenvalue weighted by molar-refractivity contribution is 6.02. The van der Waals surface area contributed by atoms with E-state index in [-0.39, 0.29) is 5.41 Å². The number of benzene rings is 1. The lowest BCUT2D eigenvalue weighted by atomic mass is 9.95. The van der Waals surface area contributed by atoms with E-state index < -0.39 is 0 Å². The zero-order chi connectivity index (χ0) is 22.2. The van der Waals surface area contributed by atoms with Gasteiger partial charge in [0.2, 0.25) is 5.96 Å². The van der Waals surface area contributed by atoms with Gasteiger partial charge in [0.25, 0.3) is 0 Å². The molecule has 31 heavy (non-hydrogen) atoms. The monoisotopic (exact) mass is 422 g/mol. The second-order valence-corrected chi connectivity index (χ2v) is 9.55. The number of anilines is 2. The number of methoxy groups -OCH3 is 1. The molecular weight excluding hydrogens is 388 g/mol. The van der Waals surface area contributed by atoms with Gasteiger partial charge in [-0.1, -0.05) is 20.8 Å². The molecule has 0 aliphatic carbocycles. The summed E-state index contributed by atoms with van der Waals surface area (Å²) in [5, 5.41) is 0. The van der Waals surface area contributed by atoms with Gasteiger partial charge >= 0.3 is 0 Å². The fourth-order valence-electron chi connectivity index (χ4n) is 4.36. The normalized spacial score (nSPS) is 19.3. The maximum absolute atomic E-state index is 6.68. The van der Waals surface area contributed by atoms with Gasteiger partial charge in [-0.3, -0.25) is 4.90 Å². The van der Waals surface area contributed by atoms with Crippen LogP contribution in [0.5, 0.6) is 5.75 Å². The number of allylic oxidation sites excluding steroid dienone is 1. The third-order valence-electron chi connectivity index (χ3n) is 5.82. The third kappa shape index (κ3) is 4.22. The number of nitrogens with zero attached hydrogens (tertiary/aromatic N) is 4. The van der Waals surface area contributed by atoms with Crippen LogP contribution in [-0.2, 0) is 0 Å². The van der Waals surface area contributed by atoms with E-state index in [0.29, 0.717) is 11.8 Å². The van der Waals surface area contributed by atoms with Gasteiger partial charge in [-0.2, -0.15) is 0 Å². The van der Waals surface area contributed by atoms with Crippen molar-refractivity contribution in [3.63, 3.8) is 0 Å². The van der Waals surface area contributed by atoms with Crippen LogP contribution in [0.2, 0.25) is 0 Å². The lowest BCUT2D eigenvalue weighted by molar-refractivity contribution is 0.285. The molecule has 3 aliphatic heterocycles. The summed E-state index contributed by atoms with van der Waals surface area (Å²) in [6, 6.07) is 6.28. The number of rotatable bonds is 4. The van der Waals surface area contributed by atoms with Crippen LogP contribution in [0, 0.1) is 5.41 Å². The summed E-state index contributed by atoms with van der Waals surface area (Å²) in [7, 11) is 1.69. The molecular formula is C24H34N6O. The van der Waals surface area contributed by atoms with Gasteiger partial charge in [0.1, 0.15) is 11.6 Å². The fraction of sp³-hybridized carbons (Fsp3) is 0.458. The van der Waals surface area contributed by atoms with Gasteiger partial charge in [-0.25, -0.2) is 4.99 Å². The molecule has 0 amide bonds. The summed E-state index contributed by atoms with van der Waals surface area (Å²) >= 11 is 0. The Bertz CT molecular complexity index is 963. The molecule has 7 heteroatoms. The van der Waals surface area contributed by atoms with Crippen molar-refractivity contribution in [2.75, 3.05) is 36.5 Å². The molecule has 3 aliphatic rings. The van der Waals surface area contributed by atoms with E-state index in [1.54, 1.807) is 13.3 Å². The van der Waals surface area contributed by atoms with Crippen LogP contribution in [0.15, 0.2) is 58.8 Å². The summed E-state index contributed by atoms with van der Waals surface area (Å²) in [5.74, 6) is 1.78. The number of hydrogen-bond donors (Lipinski definition) is 2. The Morgan fingerprint density at radius 1 is 1.10 bits per heavy atom. The van der Waals surface area contributed by atoms with E-state index in [9.17, 15) is 0 Å². The maximum atomic E-state index is 6.68. The first-order valence-corrected chi connectivity index (χ1v) is 11.0. The molecule has 4 N–H and O–H groups in total. The topological polar surface area (TPSA) is 83.4 Å². The van der Waals surface area contributed by atoms with E-state index in [1.807, 2.05) is 17.2 Å². The van der Waals surface area contributed by atoms with Crippen LogP contribution in [0.1, 0.15) is 40.0 Å². The zero-order valence-corrected chi connectivity index (χ0v) is 19.1. The van der Waals surface area contributed by atoms with Crippen molar-refractivity contribution < 1.29 is 4.74 Å². The van der Waals surface area contributed by atoms with E-state index in [0.717, 1.165) is 42.3 Å². The highest BCUT2D eigenvalue weighted by Crippen LogP contribution is 2.40. The van der Waals surface area contributed by atoms with Crippen LogP contribution < -0.4 is 26.0 Å². The van der Waals surface area contributed by atoms with Gasteiger partial charge in [0.15, 0.2) is 0 Å². The number of piperidine rings is 1. The van der Waals surface area contributed by atoms with Crippen molar-refractivity contribution in [3.05, 3.63) is 53.8 Å². The van der Waals surface area contributed by atoms with Crippen molar-refractivity contribution in [2.45, 2.75) is 40.0 Å². The first-order chi connectivity index (χ1) is 14.8. The average Bonchev–Trinajstić information content (AvgIpc) is 2.75. The number of hydrogen-bond acceptors (Lipinski definition) is 7. The van der Waals surface area contributed by atoms with Crippen molar-refractivity contribution >= 4 is 17.3 Å². The quantitative estimate of drug-likeness (QED) is 0.770. The Balaban J connectivity index is 1.74. The number of ether oxygens (including phenoxy) is 1. The molecule has 0 spiro atoms. The highest BCUT2D eigenvalue weighted by Gasteiger charge is 2.32. The molecule has 0 aromatic heterocycles.